The van der Waals surface area contributed by atoms with Gasteiger partial charge in [0.2, 0.25) is 0 Å². The molecular weight excluding hydrogens is 252 g/mol. The zero-order valence-electron chi connectivity index (χ0n) is 13.8. The summed E-state index contributed by atoms with van der Waals surface area (Å²) in [4.78, 5) is 4.39. The van der Waals surface area contributed by atoms with Crippen molar-refractivity contribution in [2.24, 2.45) is 5.41 Å². The van der Waals surface area contributed by atoms with Gasteiger partial charge in [-0.2, -0.15) is 5.10 Å². The smallest absolute Gasteiger partial charge is 0.138 e. The number of rotatable bonds is 8. The minimum Gasteiger partial charge on any atom is -0.379 e. The third-order valence-electron chi connectivity index (χ3n) is 3.53. The highest BCUT2D eigenvalue weighted by atomic mass is 16.5. The van der Waals surface area contributed by atoms with E-state index in [1.165, 1.54) is 0 Å². The molecule has 5 nitrogen and oxygen atoms in total. The van der Waals surface area contributed by atoms with Gasteiger partial charge in [-0.1, -0.05) is 27.7 Å². The summed E-state index contributed by atoms with van der Waals surface area (Å²) in [6.45, 7) is 12.7. The van der Waals surface area contributed by atoms with Crippen molar-refractivity contribution in [3.8, 4) is 0 Å². The second-order valence-corrected chi connectivity index (χ2v) is 6.28. The molecule has 2 unspecified atom stereocenters. The van der Waals surface area contributed by atoms with E-state index >= 15 is 0 Å². The first-order valence-corrected chi connectivity index (χ1v) is 7.56. The van der Waals surface area contributed by atoms with Crippen molar-refractivity contribution in [3.05, 3.63) is 12.2 Å². The molecule has 0 aliphatic carbocycles. The summed E-state index contributed by atoms with van der Waals surface area (Å²) in [5.74, 6) is 1.02. The largest absolute Gasteiger partial charge is 0.379 e. The molecule has 0 amide bonds. The van der Waals surface area contributed by atoms with Crippen molar-refractivity contribution in [1.82, 2.24) is 20.1 Å². The number of hydrogen-bond donors (Lipinski definition) is 1. The van der Waals surface area contributed by atoms with Crippen molar-refractivity contribution in [2.75, 3.05) is 13.7 Å². The van der Waals surface area contributed by atoms with Crippen LogP contribution in [0.2, 0.25) is 0 Å². The van der Waals surface area contributed by atoms with Crippen LogP contribution in [0.3, 0.4) is 0 Å². The molecule has 0 aromatic carbocycles. The standard InChI is InChI=1S/C15H30N4O/c1-7-9-16-12(14(20-6)15(3,4)5)10-13-17-11-18-19(13)8-2/h11-12,14,16H,7-10H2,1-6H3. The van der Waals surface area contributed by atoms with E-state index in [4.69, 9.17) is 4.74 Å². The molecule has 0 fully saturated rings. The summed E-state index contributed by atoms with van der Waals surface area (Å²) in [6.07, 6.45) is 3.71. The maximum Gasteiger partial charge on any atom is 0.138 e. The predicted octanol–water partition coefficient (Wildman–Crippen LogP) is 2.27. The van der Waals surface area contributed by atoms with Gasteiger partial charge in [0.15, 0.2) is 0 Å². The lowest BCUT2D eigenvalue weighted by Gasteiger charge is -2.36. The number of hydrogen-bond acceptors (Lipinski definition) is 4. The van der Waals surface area contributed by atoms with Gasteiger partial charge in [-0.3, -0.25) is 4.68 Å². The van der Waals surface area contributed by atoms with Crippen LogP contribution in [0.1, 0.15) is 46.9 Å². The van der Waals surface area contributed by atoms with E-state index in [0.29, 0.717) is 0 Å². The lowest BCUT2D eigenvalue weighted by molar-refractivity contribution is -0.0116. The Morgan fingerprint density at radius 2 is 2.05 bits per heavy atom. The van der Waals surface area contributed by atoms with Crippen LogP contribution in [-0.2, 0) is 17.7 Å². The fourth-order valence-corrected chi connectivity index (χ4v) is 2.64. The minimum atomic E-state index is 0.0806. The van der Waals surface area contributed by atoms with Crippen molar-refractivity contribution in [1.29, 1.82) is 0 Å². The van der Waals surface area contributed by atoms with Gasteiger partial charge >= 0.3 is 0 Å². The predicted molar refractivity (Wildman–Crippen MR) is 81.7 cm³/mol. The fourth-order valence-electron chi connectivity index (χ4n) is 2.64. The zero-order valence-corrected chi connectivity index (χ0v) is 13.8. The van der Waals surface area contributed by atoms with Gasteiger partial charge in [-0.15, -0.1) is 0 Å². The Kier molecular flexibility index (Phi) is 6.62. The quantitative estimate of drug-likeness (QED) is 0.794. The van der Waals surface area contributed by atoms with E-state index in [9.17, 15) is 0 Å². The highest BCUT2D eigenvalue weighted by Crippen LogP contribution is 2.26. The van der Waals surface area contributed by atoms with Crippen LogP contribution in [-0.4, -0.2) is 40.6 Å². The number of nitrogens with one attached hydrogen (secondary N) is 1. The Hall–Kier alpha value is -0.940. The molecule has 0 saturated heterocycles. The van der Waals surface area contributed by atoms with Crippen LogP contribution in [0.5, 0.6) is 0 Å². The molecule has 5 heteroatoms. The van der Waals surface area contributed by atoms with E-state index in [2.05, 4.69) is 50.0 Å². The van der Waals surface area contributed by atoms with Gasteiger partial charge in [0.05, 0.1) is 6.10 Å². The zero-order chi connectivity index (χ0) is 15.2. The first kappa shape index (κ1) is 17.1. The van der Waals surface area contributed by atoms with Crippen LogP contribution in [0.4, 0.5) is 0 Å². The third-order valence-corrected chi connectivity index (χ3v) is 3.53. The summed E-state index contributed by atoms with van der Waals surface area (Å²) >= 11 is 0. The maximum absolute atomic E-state index is 5.78. The Bertz CT molecular complexity index is 383. The van der Waals surface area contributed by atoms with Gasteiger partial charge < -0.3 is 10.1 Å². The fraction of sp³-hybridized carbons (Fsp3) is 0.867. The van der Waals surface area contributed by atoms with E-state index in [1.54, 1.807) is 13.4 Å². The summed E-state index contributed by atoms with van der Waals surface area (Å²) < 4.78 is 7.73. The summed E-state index contributed by atoms with van der Waals surface area (Å²) in [5, 5.41) is 7.86. The molecule has 1 rings (SSSR count). The van der Waals surface area contributed by atoms with E-state index in [0.717, 1.165) is 31.8 Å². The van der Waals surface area contributed by atoms with Crippen LogP contribution in [0.25, 0.3) is 0 Å². The molecular formula is C15H30N4O. The number of methoxy groups -OCH3 is 1. The Balaban J connectivity index is 2.88. The number of nitrogens with zero attached hydrogens (tertiary/aromatic N) is 3. The van der Waals surface area contributed by atoms with Crippen LogP contribution in [0.15, 0.2) is 6.33 Å². The highest BCUT2D eigenvalue weighted by Gasteiger charge is 2.33. The van der Waals surface area contributed by atoms with Crippen LogP contribution in [0, 0.1) is 5.41 Å². The van der Waals surface area contributed by atoms with Gasteiger partial charge in [0.1, 0.15) is 12.2 Å². The summed E-state index contributed by atoms with van der Waals surface area (Å²) in [7, 11) is 1.79. The maximum atomic E-state index is 5.78. The van der Waals surface area contributed by atoms with Crippen molar-refractivity contribution >= 4 is 0 Å². The van der Waals surface area contributed by atoms with Gasteiger partial charge in [-0.25, -0.2) is 4.98 Å². The van der Waals surface area contributed by atoms with Gasteiger partial charge in [0, 0.05) is 26.1 Å². The van der Waals surface area contributed by atoms with Crippen LogP contribution < -0.4 is 5.32 Å². The molecule has 0 radical (unpaired) electrons. The molecule has 2 atom stereocenters. The molecule has 1 heterocycles. The van der Waals surface area contributed by atoms with E-state index in [1.807, 2.05) is 4.68 Å². The molecule has 1 N–H and O–H groups in total. The van der Waals surface area contributed by atoms with Crippen LogP contribution >= 0.6 is 0 Å². The van der Waals surface area contributed by atoms with E-state index in [-0.39, 0.29) is 17.6 Å². The second kappa shape index (κ2) is 7.74. The molecule has 0 spiro atoms. The molecule has 1 aromatic heterocycles. The topological polar surface area (TPSA) is 52.0 Å². The lowest BCUT2D eigenvalue weighted by Crippen LogP contribution is -2.49. The monoisotopic (exact) mass is 282 g/mol. The van der Waals surface area contributed by atoms with Crippen molar-refractivity contribution < 1.29 is 4.74 Å². The molecule has 116 valence electrons. The summed E-state index contributed by atoms with van der Waals surface area (Å²) in [6, 6.07) is 0.245. The van der Waals surface area contributed by atoms with Gasteiger partial charge in [0.25, 0.3) is 0 Å². The molecule has 20 heavy (non-hydrogen) atoms. The molecule has 0 saturated carbocycles. The molecule has 0 aliphatic rings. The van der Waals surface area contributed by atoms with Crippen molar-refractivity contribution in [2.45, 2.75) is 66.2 Å². The number of ether oxygens (including phenoxy) is 1. The number of aromatic nitrogens is 3. The number of aryl methyl sites for hydroxylation is 1. The average Bonchev–Trinajstić information content (AvgIpc) is 2.82. The molecule has 0 aliphatic heterocycles. The Labute approximate surface area is 123 Å². The lowest BCUT2D eigenvalue weighted by atomic mass is 9.83. The third kappa shape index (κ3) is 4.56. The highest BCUT2D eigenvalue weighted by molar-refractivity contribution is 4.96. The Morgan fingerprint density at radius 1 is 1.35 bits per heavy atom. The van der Waals surface area contributed by atoms with Crippen molar-refractivity contribution in [3.63, 3.8) is 0 Å². The molecule has 1 aromatic rings. The summed E-state index contributed by atoms with van der Waals surface area (Å²) in [5.41, 5.74) is 0.0806. The van der Waals surface area contributed by atoms with Gasteiger partial charge in [-0.05, 0) is 25.3 Å². The first-order valence-electron chi connectivity index (χ1n) is 7.56. The minimum absolute atomic E-state index is 0.0806. The first-order chi connectivity index (χ1) is 9.43. The average molecular weight is 282 g/mol. The Morgan fingerprint density at radius 3 is 2.55 bits per heavy atom. The second-order valence-electron chi connectivity index (χ2n) is 6.28. The SMILES string of the molecule is CCCNC(Cc1ncnn1CC)C(OC)C(C)(C)C. The molecule has 0 bridgehead atoms. The normalized spacial score (nSPS) is 15.3. The van der Waals surface area contributed by atoms with E-state index < -0.39 is 0 Å².